The minimum absolute atomic E-state index is 0.0591. The van der Waals surface area contributed by atoms with Gasteiger partial charge in [-0.1, -0.05) is 30.5 Å². The number of fused-ring (bicyclic) bond motifs is 1. The Hall–Kier alpha value is -3.22. The van der Waals surface area contributed by atoms with Gasteiger partial charge in [0.15, 0.2) is 0 Å². The number of nitrogens with zero attached hydrogens (tertiary/aromatic N) is 3. The monoisotopic (exact) mass is 419 g/mol. The first-order valence-electron chi connectivity index (χ1n) is 11.0. The van der Waals surface area contributed by atoms with Gasteiger partial charge in [-0.15, -0.1) is 5.10 Å². The third-order valence-electron chi connectivity index (χ3n) is 5.77. The third-order valence-corrected chi connectivity index (χ3v) is 5.77. The van der Waals surface area contributed by atoms with Gasteiger partial charge in [0.2, 0.25) is 5.91 Å². The molecule has 2 N–H and O–H groups in total. The van der Waals surface area contributed by atoms with Crippen molar-refractivity contribution in [3.05, 3.63) is 53.1 Å². The Kier molecular flexibility index (Phi) is 6.30. The molecule has 0 atom stereocenters. The molecule has 1 aliphatic carbocycles. The second-order valence-corrected chi connectivity index (χ2v) is 8.50. The maximum atomic E-state index is 12.6. The summed E-state index contributed by atoms with van der Waals surface area (Å²) in [5.41, 5.74) is 5.10. The standard InChI is InChI=1S/C24H29N5O2/c1-16-12-17(2)14-20(13-16)25-23(30)10-11-29-22-9-8-18(15-21(22)27-28-29)24(31)26-19-6-4-3-5-7-19/h8-9,12-15,19H,3-7,10-11H2,1-2H3,(H,25,30)(H,26,31). The molecular weight excluding hydrogens is 390 g/mol. The summed E-state index contributed by atoms with van der Waals surface area (Å²) < 4.78 is 1.71. The topological polar surface area (TPSA) is 88.9 Å². The summed E-state index contributed by atoms with van der Waals surface area (Å²) in [5, 5.41) is 14.4. The van der Waals surface area contributed by atoms with Crippen molar-refractivity contribution in [2.24, 2.45) is 0 Å². The summed E-state index contributed by atoms with van der Waals surface area (Å²) in [6, 6.07) is 11.7. The largest absolute Gasteiger partial charge is 0.349 e. The van der Waals surface area contributed by atoms with Crippen LogP contribution in [0, 0.1) is 13.8 Å². The highest BCUT2D eigenvalue weighted by Crippen LogP contribution is 2.19. The molecule has 1 fully saturated rings. The zero-order valence-electron chi connectivity index (χ0n) is 18.1. The maximum Gasteiger partial charge on any atom is 0.251 e. The van der Waals surface area contributed by atoms with E-state index in [0.29, 0.717) is 17.6 Å². The number of hydrogen-bond donors (Lipinski definition) is 2. The molecule has 0 bridgehead atoms. The van der Waals surface area contributed by atoms with Gasteiger partial charge in [0.1, 0.15) is 5.52 Å². The molecule has 2 amide bonds. The number of aryl methyl sites for hydroxylation is 3. The van der Waals surface area contributed by atoms with Gasteiger partial charge < -0.3 is 10.6 Å². The summed E-state index contributed by atoms with van der Waals surface area (Å²) in [7, 11) is 0. The number of aromatic nitrogens is 3. The van der Waals surface area contributed by atoms with E-state index < -0.39 is 0 Å². The minimum atomic E-state index is -0.0721. The van der Waals surface area contributed by atoms with Crippen LogP contribution in [0.25, 0.3) is 11.0 Å². The first-order chi connectivity index (χ1) is 15.0. The van der Waals surface area contributed by atoms with Crippen molar-refractivity contribution < 1.29 is 9.59 Å². The van der Waals surface area contributed by atoms with Crippen LogP contribution < -0.4 is 10.6 Å². The Balaban J connectivity index is 1.37. The van der Waals surface area contributed by atoms with Crippen molar-refractivity contribution in [2.75, 3.05) is 5.32 Å². The van der Waals surface area contributed by atoms with E-state index in [9.17, 15) is 9.59 Å². The Morgan fingerprint density at radius 3 is 2.52 bits per heavy atom. The van der Waals surface area contributed by atoms with E-state index in [-0.39, 0.29) is 24.3 Å². The van der Waals surface area contributed by atoms with Crippen molar-refractivity contribution >= 4 is 28.5 Å². The van der Waals surface area contributed by atoms with Crippen LogP contribution in [0.5, 0.6) is 0 Å². The lowest BCUT2D eigenvalue weighted by molar-refractivity contribution is -0.116. The van der Waals surface area contributed by atoms with Crippen LogP contribution in [0.3, 0.4) is 0 Å². The average molecular weight is 420 g/mol. The predicted molar refractivity (Wildman–Crippen MR) is 121 cm³/mol. The minimum Gasteiger partial charge on any atom is -0.349 e. The van der Waals surface area contributed by atoms with Crippen molar-refractivity contribution in [3.8, 4) is 0 Å². The molecular formula is C24H29N5O2. The second kappa shape index (κ2) is 9.29. The molecule has 0 aliphatic heterocycles. The Morgan fingerprint density at radius 1 is 1.03 bits per heavy atom. The first kappa shape index (κ1) is 21.0. The molecule has 1 saturated carbocycles. The lowest BCUT2D eigenvalue weighted by atomic mass is 9.95. The first-order valence-corrected chi connectivity index (χ1v) is 11.0. The average Bonchev–Trinajstić information content (AvgIpc) is 3.14. The highest BCUT2D eigenvalue weighted by atomic mass is 16.2. The van der Waals surface area contributed by atoms with Gasteiger partial charge in [0.05, 0.1) is 12.1 Å². The lowest BCUT2D eigenvalue weighted by Gasteiger charge is -2.22. The Bertz CT molecular complexity index is 1080. The molecule has 4 rings (SSSR count). The molecule has 0 spiro atoms. The molecule has 0 saturated heterocycles. The van der Waals surface area contributed by atoms with E-state index in [4.69, 9.17) is 0 Å². The molecule has 31 heavy (non-hydrogen) atoms. The molecule has 7 nitrogen and oxygen atoms in total. The number of rotatable bonds is 6. The van der Waals surface area contributed by atoms with Crippen LogP contribution in [-0.4, -0.2) is 32.9 Å². The number of carbonyl (C=O) groups is 2. The lowest BCUT2D eigenvalue weighted by Crippen LogP contribution is -2.36. The molecule has 1 aliphatic rings. The smallest absolute Gasteiger partial charge is 0.251 e. The Labute approximate surface area is 182 Å². The molecule has 1 heterocycles. The van der Waals surface area contributed by atoms with E-state index in [1.165, 1.54) is 19.3 Å². The molecule has 7 heteroatoms. The molecule has 0 unspecified atom stereocenters. The van der Waals surface area contributed by atoms with Gasteiger partial charge in [-0.25, -0.2) is 4.68 Å². The fourth-order valence-corrected chi connectivity index (χ4v) is 4.27. The van der Waals surface area contributed by atoms with Crippen LogP contribution in [-0.2, 0) is 11.3 Å². The Morgan fingerprint density at radius 2 is 1.77 bits per heavy atom. The van der Waals surface area contributed by atoms with E-state index in [2.05, 4.69) is 27.0 Å². The van der Waals surface area contributed by atoms with E-state index in [0.717, 1.165) is 35.2 Å². The number of hydrogen-bond acceptors (Lipinski definition) is 4. The molecule has 3 aromatic rings. The van der Waals surface area contributed by atoms with Crippen LogP contribution >= 0.6 is 0 Å². The SMILES string of the molecule is Cc1cc(C)cc(NC(=O)CCn2nnc3cc(C(=O)NC4CCCCC4)ccc32)c1. The zero-order valence-corrected chi connectivity index (χ0v) is 18.1. The summed E-state index contributed by atoms with van der Waals surface area (Å²) in [5.74, 6) is -0.131. The van der Waals surface area contributed by atoms with Gasteiger partial charge in [0, 0.05) is 23.7 Å². The van der Waals surface area contributed by atoms with Crippen molar-refractivity contribution in [1.82, 2.24) is 20.3 Å². The zero-order chi connectivity index (χ0) is 21.8. The summed E-state index contributed by atoms with van der Waals surface area (Å²) >= 11 is 0. The number of anilines is 1. The normalized spacial score (nSPS) is 14.5. The van der Waals surface area contributed by atoms with E-state index in [1.807, 2.05) is 32.0 Å². The third kappa shape index (κ3) is 5.29. The highest BCUT2D eigenvalue weighted by molar-refractivity contribution is 5.97. The fraction of sp³-hybridized carbons (Fsp3) is 0.417. The number of benzene rings is 2. The van der Waals surface area contributed by atoms with Crippen LogP contribution in [0.15, 0.2) is 36.4 Å². The summed E-state index contributed by atoms with van der Waals surface area (Å²) in [4.78, 5) is 25.0. The van der Waals surface area contributed by atoms with Crippen LogP contribution in [0.1, 0.15) is 60.0 Å². The van der Waals surface area contributed by atoms with Crippen molar-refractivity contribution in [1.29, 1.82) is 0 Å². The van der Waals surface area contributed by atoms with E-state index >= 15 is 0 Å². The van der Waals surface area contributed by atoms with Gasteiger partial charge in [-0.3, -0.25) is 9.59 Å². The van der Waals surface area contributed by atoms with Crippen LogP contribution in [0.2, 0.25) is 0 Å². The van der Waals surface area contributed by atoms with Crippen molar-refractivity contribution in [2.45, 2.75) is 65.0 Å². The van der Waals surface area contributed by atoms with Gasteiger partial charge in [-0.2, -0.15) is 0 Å². The predicted octanol–water partition coefficient (Wildman–Crippen LogP) is 4.14. The number of nitrogens with one attached hydrogen (secondary N) is 2. The highest BCUT2D eigenvalue weighted by Gasteiger charge is 2.17. The molecule has 0 radical (unpaired) electrons. The van der Waals surface area contributed by atoms with Gasteiger partial charge >= 0.3 is 0 Å². The van der Waals surface area contributed by atoms with Gasteiger partial charge in [0.25, 0.3) is 5.91 Å². The summed E-state index contributed by atoms with van der Waals surface area (Å²) in [6.45, 7) is 4.43. The number of amides is 2. The molecule has 1 aromatic heterocycles. The van der Waals surface area contributed by atoms with Gasteiger partial charge in [-0.05, 0) is 68.1 Å². The number of carbonyl (C=O) groups excluding carboxylic acids is 2. The molecule has 162 valence electrons. The van der Waals surface area contributed by atoms with E-state index in [1.54, 1.807) is 16.8 Å². The second-order valence-electron chi connectivity index (χ2n) is 8.50. The maximum absolute atomic E-state index is 12.6. The quantitative estimate of drug-likeness (QED) is 0.628. The molecule has 2 aromatic carbocycles. The fourth-order valence-electron chi connectivity index (χ4n) is 4.27. The van der Waals surface area contributed by atoms with Crippen molar-refractivity contribution in [3.63, 3.8) is 0 Å². The summed E-state index contributed by atoms with van der Waals surface area (Å²) in [6.07, 6.45) is 5.99. The van der Waals surface area contributed by atoms with Crippen LogP contribution in [0.4, 0.5) is 5.69 Å².